The largest absolute Gasteiger partial charge is 0.352 e. The number of nitrogens with zero attached hydrogens (tertiary/aromatic N) is 3. The van der Waals surface area contributed by atoms with Gasteiger partial charge in [0.15, 0.2) is 11.5 Å². The average Bonchev–Trinajstić information content (AvgIpc) is 2.95. The van der Waals surface area contributed by atoms with Crippen LogP contribution in [-0.2, 0) is 5.41 Å². The zero-order chi connectivity index (χ0) is 18.9. The summed E-state index contributed by atoms with van der Waals surface area (Å²) in [6.45, 7) is 10.8. The molecular formula is C20H27N5O. The standard InChI is InChI=1S/C20H27N5O/c1-6-7-13(2)21-19-23-18(22-16-12-17(26)24-25(16)19)14-8-10-15(11-9-14)20(3,4)5/h8-13H,6-7H2,1-5H3,(H,24,26)(H,21,22,23). The first-order chi connectivity index (χ1) is 12.3. The van der Waals surface area contributed by atoms with Crippen molar-refractivity contribution in [3.05, 3.63) is 46.2 Å². The van der Waals surface area contributed by atoms with Gasteiger partial charge < -0.3 is 5.32 Å². The molecule has 2 aromatic heterocycles. The van der Waals surface area contributed by atoms with Crippen molar-refractivity contribution in [1.82, 2.24) is 19.6 Å². The highest BCUT2D eigenvalue weighted by Gasteiger charge is 2.15. The molecule has 0 spiro atoms. The number of anilines is 1. The number of H-pyrrole nitrogens is 1. The molecule has 0 bridgehead atoms. The smallest absolute Gasteiger partial charge is 0.266 e. The molecule has 0 aliphatic heterocycles. The van der Waals surface area contributed by atoms with E-state index in [1.165, 1.54) is 11.6 Å². The van der Waals surface area contributed by atoms with Crippen LogP contribution in [0, 0.1) is 0 Å². The van der Waals surface area contributed by atoms with Gasteiger partial charge >= 0.3 is 0 Å². The van der Waals surface area contributed by atoms with Crippen LogP contribution in [0.2, 0.25) is 0 Å². The molecule has 0 aliphatic rings. The number of hydrogen-bond acceptors (Lipinski definition) is 4. The number of nitrogens with one attached hydrogen (secondary N) is 2. The van der Waals surface area contributed by atoms with E-state index >= 15 is 0 Å². The Kier molecular flexibility index (Phi) is 4.85. The van der Waals surface area contributed by atoms with E-state index in [1.807, 2.05) is 12.1 Å². The van der Waals surface area contributed by atoms with Crippen molar-refractivity contribution < 1.29 is 0 Å². The highest BCUT2D eigenvalue weighted by Crippen LogP contribution is 2.25. The summed E-state index contributed by atoms with van der Waals surface area (Å²) < 4.78 is 1.61. The Hall–Kier alpha value is -2.63. The summed E-state index contributed by atoms with van der Waals surface area (Å²) in [5.41, 5.74) is 2.66. The molecular weight excluding hydrogens is 326 g/mol. The van der Waals surface area contributed by atoms with Crippen molar-refractivity contribution in [1.29, 1.82) is 0 Å². The van der Waals surface area contributed by atoms with Crippen LogP contribution in [0.25, 0.3) is 17.0 Å². The van der Waals surface area contributed by atoms with Crippen LogP contribution in [0.3, 0.4) is 0 Å². The Bertz CT molecular complexity index is 947. The quantitative estimate of drug-likeness (QED) is 0.727. The summed E-state index contributed by atoms with van der Waals surface area (Å²) in [6.07, 6.45) is 2.10. The lowest BCUT2D eigenvalue weighted by molar-refractivity contribution is 0.590. The van der Waals surface area contributed by atoms with Gasteiger partial charge in [-0.05, 0) is 24.3 Å². The highest BCUT2D eigenvalue weighted by atomic mass is 16.1. The van der Waals surface area contributed by atoms with Crippen molar-refractivity contribution >= 4 is 11.6 Å². The average molecular weight is 353 g/mol. The molecule has 1 unspecified atom stereocenters. The van der Waals surface area contributed by atoms with Gasteiger partial charge in [-0.25, -0.2) is 9.50 Å². The van der Waals surface area contributed by atoms with E-state index in [2.05, 4.69) is 67.1 Å². The van der Waals surface area contributed by atoms with E-state index in [0.717, 1.165) is 18.4 Å². The fourth-order valence-corrected chi connectivity index (χ4v) is 2.98. The molecule has 2 heterocycles. The number of benzene rings is 1. The molecule has 3 rings (SSSR count). The number of rotatable bonds is 5. The lowest BCUT2D eigenvalue weighted by atomic mass is 9.87. The number of aromatic nitrogens is 4. The van der Waals surface area contributed by atoms with Gasteiger partial charge in [-0.15, -0.1) is 0 Å². The number of fused-ring (bicyclic) bond motifs is 1. The van der Waals surface area contributed by atoms with Crippen LogP contribution in [0.1, 0.15) is 53.0 Å². The van der Waals surface area contributed by atoms with E-state index in [9.17, 15) is 4.79 Å². The van der Waals surface area contributed by atoms with Crippen LogP contribution in [0.15, 0.2) is 35.1 Å². The van der Waals surface area contributed by atoms with Gasteiger partial charge in [-0.2, -0.15) is 4.98 Å². The minimum Gasteiger partial charge on any atom is -0.352 e. The van der Waals surface area contributed by atoms with Crippen molar-refractivity contribution in [2.24, 2.45) is 0 Å². The van der Waals surface area contributed by atoms with Crippen LogP contribution in [0.5, 0.6) is 0 Å². The Morgan fingerprint density at radius 2 is 1.88 bits per heavy atom. The van der Waals surface area contributed by atoms with Gasteiger partial charge in [0.2, 0.25) is 5.95 Å². The van der Waals surface area contributed by atoms with E-state index in [0.29, 0.717) is 17.4 Å². The van der Waals surface area contributed by atoms with Gasteiger partial charge in [0.25, 0.3) is 5.56 Å². The first-order valence-corrected chi connectivity index (χ1v) is 9.15. The van der Waals surface area contributed by atoms with E-state index in [-0.39, 0.29) is 17.0 Å². The highest BCUT2D eigenvalue weighted by molar-refractivity contribution is 5.60. The van der Waals surface area contributed by atoms with Crippen LogP contribution in [0.4, 0.5) is 5.95 Å². The fourth-order valence-electron chi connectivity index (χ4n) is 2.98. The van der Waals surface area contributed by atoms with E-state index in [4.69, 9.17) is 0 Å². The fraction of sp³-hybridized carbons (Fsp3) is 0.450. The molecule has 2 N–H and O–H groups in total. The summed E-state index contributed by atoms with van der Waals surface area (Å²) in [4.78, 5) is 21.0. The minimum absolute atomic E-state index is 0.0968. The molecule has 0 amide bonds. The van der Waals surface area contributed by atoms with E-state index < -0.39 is 0 Å². The SMILES string of the molecule is CCCC(C)Nc1nc(-c2ccc(C(C)(C)C)cc2)nc2cc(=O)[nH]n12. The van der Waals surface area contributed by atoms with Crippen molar-refractivity contribution in [3.8, 4) is 11.4 Å². The Labute approximate surface area is 153 Å². The van der Waals surface area contributed by atoms with Crippen LogP contribution in [-0.4, -0.2) is 25.6 Å². The normalized spacial score (nSPS) is 13.1. The lowest BCUT2D eigenvalue weighted by Crippen LogP contribution is -2.19. The topological polar surface area (TPSA) is 75.1 Å². The summed E-state index contributed by atoms with van der Waals surface area (Å²) in [7, 11) is 0. The molecule has 138 valence electrons. The monoisotopic (exact) mass is 353 g/mol. The third-order valence-electron chi connectivity index (χ3n) is 4.46. The maximum Gasteiger partial charge on any atom is 0.266 e. The zero-order valence-electron chi connectivity index (χ0n) is 16.1. The third-order valence-corrected chi connectivity index (χ3v) is 4.46. The van der Waals surface area contributed by atoms with Gasteiger partial charge in [0, 0.05) is 17.7 Å². The molecule has 26 heavy (non-hydrogen) atoms. The molecule has 6 nitrogen and oxygen atoms in total. The second-order valence-corrected chi connectivity index (χ2v) is 7.85. The number of aromatic amines is 1. The van der Waals surface area contributed by atoms with Crippen molar-refractivity contribution in [3.63, 3.8) is 0 Å². The van der Waals surface area contributed by atoms with Crippen LogP contribution < -0.4 is 10.9 Å². The van der Waals surface area contributed by atoms with Gasteiger partial charge in [0.1, 0.15) is 0 Å². The Balaban J connectivity index is 2.04. The molecule has 0 saturated carbocycles. The van der Waals surface area contributed by atoms with Crippen LogP contribution >= 0.6 is 0 Å². The lowest BCUT2D eigenvalue weighted by Gasteiger charge is -2.19. The van der Waals surface area contributed by atoms with Gasteiger partial charge in [-0.3, -0.25) is 9.89 Å². The van der Waals surface area contributed by atoms with Crippen molar-refractivity contribution in [2.45, 2.75) is 58.9 Å². The van der Waals surface area contributed by atoms with Gasteiger partial charge in [-0.1, -0.05) is 58.4 Å². The molecule has 0 fully saturated rings. The predicted octanol–water partition coefficient (Wildman–Crippen LogP) is 3.98. The molecule has 3 aromatic rings. The molecule has 6 heteroatoms. The van der Waals surface area contributed by atoms with Gasteiger partial charge in [0.05, 0.1) is 0 Å². The molecule has 1 atom stereocenters. The zero-order valence-corrected chi connectivity index (χ0v) is 16.1. The second kappa shape index (κ2) is 6.94. The van der Waals surface area contributed by atoms with Crippen molar-refractivity contribution in [2.75, 3.05) is 5.32 Å². The second-order valence-electron chi connectivity index (χ2n) is 7.85. The summed E-state index contributed by atoms with van der Waals surface area (Å²) in [6, 6.07) is 10.0. The third kappa shape index (κ3) is 3.79. The predicted molar refractivity (Wildman–Crippen MR) is 106 cm³/mol. The summed E-state index contributed by atoms with van der Waals surface area (Å²) in [5.74, 6) is 1.21. The maximum absolute atomic E-state index is 11.8. The maximum atomic E-state index is 11.8. The molecule has 0 aliphatic carbocycles. The Morgan fingerprint density at radius 1 is 1.19 bits per heavy atom. The molecule has 1 aromatic carbocycles. The summed E-state index contributed by atoms with van der Waals surface area (Å²) >= 11 is 0. The number of hydrogen-bond donors (Lipinski definition) is 2. The minimum atomic E-state index is -0.189. The summed E-state index contributed by atoms with van der Waals surface area (Å²) in [5, 5.41) is 6.14. The molecule has 0 radical (unpaired) electrons. The first-order valence-electron chi connectivity index (χ1n) is 9.15. The molecule has 0 saturated heterocycles. The van der Waals surface area contributed by atoms with E-state index in [1.54, 1.807) is 4.52 Å². The first kappa shape index (κ1) is 18.2. The Morgan fingerprint density at radius 3 is 2.50 bits per heavy atom.